The molecule has 1 aromatic rings. The van der Waals surface area contributed by atoms with Gasteiger partial charge in [-0.2, -0.15) is 0 Å². The summed E-state index contributed by atoms with van der Waals surface area (Å²) in [7, 11) is 0. The zero-order valence-electron chi connectivity index (χ0n) is 7.60. The molecule has 1 aromatic heterocycles. The predicted molar refractivity (Wildman–Crippen MR) is 53.0 cm³/mol. The largest absolute Gasteiger partial charge is 0.465 e. The highest BCUT2D eigenvalue weighted by Crippen LogP contribution is 2.28. The maximum absolute atomic E-state index is 5.91. The van der Waals surface area contributed by atoms with E-state index >= 15 is 0 Å². The Balaban J connectivity index is 2.34. The fraction of sp³-hybridized carbons (Fsp3) is 0.273. The molecule has 0 aliphatic heterocycles. The summed E-state index contributed by atoms with van der Waals surface area (Å²) >= 11 is 0. The Morgan fingerprint density at radius 3 is 3.00 bits per heavy atom. The molecule has 0 saturated carbocycles. The molecule has 2 N–H and O–H groups in total. The number of rotatable bonds is 1. The Morgan fingerprint density at radius 2 is 2.31 bits per heavy atom. The summed E-state index contributed by atoms with van der Waals surface area (Å²) in [6.45, 7) is 2.11. The van der Waals surface area contributed by atoms with Gasteiger partial charge in [0.05, 0.1) is 6.26 Å². The van der Waals surface area contributed by atoms with Gasteiger partial charge in [-0.05, 0) is 17.7 Å². The van der Waals surface area contributed by atoms with Gasteiger partial charge < -0.3 is 10.2 Å². The number of hydrogen-bond donors (Lipinski definition) is 1. The second-order valence-electron chi connectivity index (χ2n) is 3.35. The lowest BCUT2D eigenvalue weighted by atomic mass is 9.88. The Labute approximate surface area is 77.7 Å². The quantitative estimate of drug-likeness (QED) is 0.710. The standard InChI is InChI=1S/C11H13NO/c1-8-9(4-2-5-10(8)12)11-6-3-7-13-11/h2-8,10H,12H2,1H3. The average Bonchev–Trinajstić information content (AvgIpc) is 2.62. The second kappa shape index (κ2) is 3.23. The number of nitrogens with two attached hydrogens (primary N) is 1. The first-order valence-corrected chi connectivity index (χ1v) is 4.47. The van der Waals surface area contributed by atoms with E-state index in [2.05, 4.69) is 13.0 Å². The molecule has 1 heterocycles. The molecule has 0 spiro atoms. The Bertz CT molecular complexity index is 335. The van der Waals surface area contributed by atoms with E-state index in [1.807, 2.05) is 24.3 Å². The van der Waals surface area contributed by atoms with Gasteiger partial charge in [0.25, 0.3) is 0 Å². The molecule has 0 amide bonds. The van der Waals surface area contributed by atoms with Crippen LogP contribution in [0.15, 0.2) is 41.0 Å². The molecular weight excluding hydrogens is 162 g/mol. The van der Waals surface area contributed by atoms with Gasteiger partial charge in [-0.3, -0.25) is 0 Å². The zero-order chi connectivity index (χ0) is 9.26. The number of furan rings is 1. The monoisotopic (exact) mass is 175 g/mol. The van der Waals surface area contributed by atoms with Crippen LogP contribution in [-0.4, -0.2) is 6.04 Å². The van der Waals surface area contributed by atoms with Crippen LogP contribution in [0, 0.1) is 5.92 Å². The summed E-state index contributed by atoms with van der Waals surface area (Å²) in [4.78, 5) is 0. The van der Waals surface area contributed by atoms with Crippen LogP contribution in [0.5, 0.6) is 0 Å². The molecule has 13 heavy (non-hydrogen) atoms. The van der Waals surface area contributed by atoms with Gasteiger partial charge in [-0.15, -0.1) is 0 Å². The molecule has 0 fully saturated rings. The van der Waals surface area contributed by atoms with E-state index in [1.54, 1.807) is 6.26 Å². The van der Waals surface area contributed by atoms with E-state index in [0.717, 1.165) is 5.76 Å². The van der Waals surface area contributed by atoms with Crippen LogP contribution in [0.1, 0.15) is 12.7 Å². The van der Waals surface area contributed by atoms with Gasteiger partial charge in [0.15, 0.2) is 0 Å². The smallest absolute Gasteiger partial charge is 0.130 e. The van der Waals surface area contributed by atoms with Crippen LogP contribution in [0.25, 0.3) is 5.57 Å². The van der Waals surface area contributed by atoms with Gasteiger partial charge in [0, 0.05) is 12.0 Å². The maximum atomic E-state index is 5.91. The van der Waals surface area contributed by atoms with E-state index in [0.29, 0.717) is 5.92 Å². The summed E-state index contributed by atoms with van der Waals surface area (Å²) in [6, 6.07) is 3.96. The topological polar surface area (TPSA) is 39.2 Å². The fourth-order valence-corrected chi connectivity index (χ4v) is 1.56. The van der Waals surface area contributed by atoms with Crippen molar-refractivity contribution < 1.29 is 4.42 Å². The summed E-state index contributed by atoms with van der Waals surface area (Å²) in [6.07, 6.45) is 7.75. The molecule has 0 bridgehead atoms. The van der Waals surface area contributed by atoms with Crippen molar-refractivity contribution in [2.45, 2.75) is 13.0 Å². The molecule has 1 aliphatic rings. The van der Waals surface area contributed by atoms with Gasteiger partial charge in [-0.1, -0.05) is 25.2 Å². The summed E-state index contributed by atoms with van der Waals surface area (Å²) in [5, 5.41) is 0. The minimum Gasteiger partial charge on any atom is -0.465 e. The summed E-state index contributed by atoms with van der Waals surface area (Å²) in [5.74, 6) is 1.25. The van der Waals surface area contributed by atoms with Crippen LogP contribution < -0.4 is 5.73 Å². The van der Waals surface area contributed by atoms with E-state index in [1.165, 1.54) is 5.57 Å². The Kier molecular flexibility index (Phi) is 2.07. The first-order chi connectivity index (χ1) is 6.29. The molecular formula is C11H13NO. The van der Waals surface area contributed by atoms with Gasteiger partial charge in [-0.25, -0.2) is 0 Å². The molecule has 68 valence electrons. The van der Waals surface area contributed by atoms with Crippen molar-refractivity contribution in [1.29, 1.82) is 0 Å². The van der Waals surface area contributed by atoms with Gasteiger partial charge in [0.1, 0.15) is 5.76 Å². The minimum atomic E-state index is 0.102. The highest BCUT2D eigenvalue weighted by Gasteiger charge is 2.20. The second-order valence-corrected chi connectivity index (χ2v) is 3.35. The lowest BCUT2D eigenvalue weighted by Gasteiger charge is -2.21. The molecule has 2 rings (SSSR count). The molecule has 2 atom stereocenters. The lowest BCUT2D eigenvalue weighted by Crippen LogP contribution is -2.28. The van der Waals surface area contributed by atoms with Gasteiger partial charge in [0.2, 0.25) is 0 Å². The molecule has 0 aromatic carbocycles. The van der Waals surface area contributed by atoms with Crippen LogP contribution in [-0.2, 0) is 0 Å². The fourth-order valence-electron chi connectivity index (χ4n) is 1.56. The minimum absolute atomic E-state index is 0.102. The van der Waals surface area contributed by atoms with Crippen LogP contribution in [0.3, 0.4) is 0 Å². The lowest BCUT2D eigenvalue weighted by molar-refractivity contribution is 0.532. The van der Waals surface area contributed by atoms with Crippen molar-refractivity contribution >= 4 is 5.57 Å². The highest BCUT2D eigenvalue weighted by atomic mass is 16.3. The first kappa shape index (κ1) is 8.32. The van der Waals surface area contributed by atoms with E-state index < -0.39 is 0 Å². The van der Waals surface area contributed by atoms with Crippen molar-refractivity contribution in [3.8, 4) is 0 Å². The third-order valence-electron chi connectivity index (χ3n) is 2.48. The summed E-state index contributed by atoms with van der Waals surface area (Å²) < 4.78 is 5.33. The van der Waals surface area contributed by atoms with Crippen LogP contribution in [0.2, 0.25) is 0 Å². The van der Waals surface area contributed by atoms with Crippen LogP contribution >= 0.6 is 0 Å². The van der Waals surface area contributed by atoms with Crippen molar-refractivity contribution in [3.63, 3.8) is 0 Å². The Morgan fingerprint density at radius 1 is 1.46 bits per heavy atom. The highest BCUT2D eigenvalue weighted by molar-refractivity contribution is 5.67. The Hall–Kier alpha value is -1.28. The predicted octanol–water partition coefficient (Wildman–Crippen LogP) is 2.20. The molecule has 0 saturated heterocycles. The molecule has 2 unspecified atom stereocenters. The van der Waals surface area contributed by atoms with Crippen molar-refractivity contribution in [2.75, 3.05) is 0 Å². The SMILES string of the molecule is CC1C(c2ccco2)=CC=CC1N. The third-order valence-corrected chi connectivity index (χ3v) is 2.48. The van der Waals surface area contributed by atoms with Crippen molar-refractivity contribution in [2.24, 2.45) is 11.7 Å². The summed E-state index contributed by atoms with van der Waals surface area (Å²) in [5.41, 5.74) is 7.09. The maximum Gasteiger partial charge on any atom is 0.130 e. The van der Waals surface area contributed by atoms with E-state index in [-0.39, 0.29) is 6.04 Å². The van der Waals surface area contributed by atoms with Crippen molar-refractivity contribution in [1.82, 2.24) is 0 Å². The average molecular weight is 175 g/mol. The normalized spacial score (nSPS) is 27.4. The third kappa shape index (κ3) is 1.45. The molecule has 1 aliphatic carbocycles. The van der Waals surface area contributed by atoms with E-state index in [4.69, 9.17) is 10.2 Å². The first-order valence-electron chi connectivity index (χ1n) is 4.47. The van der Waals surface area contributed by atoms with E-state index in [9.17, 15) is 0 Å². The van der Waals surface area contributed by atoms with Crippen LogP contribution in [0.4, 0.5) is 0 Å². The zero-order valence-corrected chi connectivity index (χ0v) is 7.60. The molecule has 0 radical (unpaired) electrons. The van der Waals surface area contributed by atoms with Gasteiger partial charge >= 0.3 is 0 Å². The number of hydrogen-bond acceptors (Lipinski definition) is 2. The molecule has 2 nitrogen and oxygen atoms in total. The molecule has 2 heteroatoms. The number of allylic oxidation sites excluding steroid dienone is 2. The van der Waals surface area contributed by atoms with Crippen molar-refractivity contribution in [3.05, 3.63) is 42.4 Å².